The van der Waals surface area contributed by atoms with Crippen LogP contribution in [0.15, 0.2) is 48.5 Å². The van der Waals surface area contributed by atoms with Gasteiger partial charge >= 0.3 is 12.1 Å². The van der Waals surface area contributed by atoms with E-state index < -0.39 is 18.0 Å². The van der Waals surface area contributed by atoms with Gasteiger partial charge in [-0.3, -0.25) is 9.59 Å². The van der Waals surface area contributed by atoms with Gasteiger partial charge in [0.25, 0.3) is 0 Å². The van der Waals surface area contributed by atoms with Crippen molar-refractivity contribution in [2.45, 2.75) is 62.9 Å². The number of amides is 2. The van der Waals surface area contributed by atoms with E-state index in [1.165, 1.54) is 22.3 Å². The Morgan fingerprint density at radius 1 is 0.857 bits per heavy atom. The van der Waals surface area contributed by atoms with Crippen molar-refractivity contribution in [3.8, 4) is 11.1 Å². The largest absolute Gasteiger partial charge is 0.481 e. The molecule has 2 amide bonds. The smallest absolute Gasteiger partial charge is 0.407 e. The van der Waals surface area contributed by atoms with Gasteiger partial charge in [0.15, 0.2) is 0 Å². The van der Waals surface area contributed by atoms with Crippen molar-refractivity contribution in [1.29, 1.82) is 0 Å². The van der Waals surface area contributed by atoms with Gasteiger partial charge in [0.1, 0.15) is 6.61 Å². The summed E-state index contributed by atoms with van der Waals surface area (Å²) in [7, 11) is 0. The first-order chi connectivity index (χ1) is 17.0. The number of aliphatic carboxylic acids is 1. The number of hydrogen-bond donors (Lipinski definition) is 3. The lowest BCUT2D eigenvalue weighted by Gasteiger charge is -2.30. The Hall–Kier alpha value is -3.35. The first kappa shape index (κ1) is 23.4. The summed E-state index contributed by atoms with van der Waals surface area (Å²) in [4.78, 5) is 36.9. The SMILES string of the molecule is O=C(N[C@H]1CC[C@@H](C(=O)NC2CCCCC2C(=O)O)C1)OCC1c2ccccc2-c2ccccc21. The molecule has 2 saturated carbocycles. The average Bonchev–Trinajstić information content (AvgIpc) is 3.46. The molecule has 35 heavy (non-hydrogen) atoms. The predicted molar refractivity (Wildman–Crippen MR) is 131 cm³/mol. The third-order valence-electron chi connectivity index (χ3n) is 7.88. The van der Waals surface area contributed by atoms with Crippen LogP contribution in [0.5, 0.6) is 0 Å². The van der Waals surface area contributed by atoms with E-state index in [-0.39, 0.29) is 36.4 Å². The fourth-order valence-electron chi connectivity index (χ4n) is 6.06. The zero-order valence-corrected chi connectivity index (χ0v) is 19.7. The number of benzene rings is 2. The molecule has 2 aromatic rings. The molecule has 4 atom stereocenters. The number of fused-ring (bicyclic) bond motifs is 3. The quantitative estimate of drug-likeness (QED) is 0.571. The topological polar surface area (TPSA) is 105 Å². The minimum atomic E-state index is -0.837. The van der Waals surface area contributed by atoms with Crippen molar-refractivity contribution in [3.05, 3.63) is 59.7 Å². The summed E-state index contributed by atoms with van der Waals surface area (Å²) >= 11 is 0. The Labute approximate surface area is 205 Å². The minimum absolute atomic E-state index is 0.00734. The van der Waals surface area contributed by atoms with E-state index in [2.05, 4.69) is 34.9 Å². The number of rotatable bonds is 6. The van der Waals surface area contributed by atoms with Crippen molar-refractivity contribution >= 4 is 18.0 Å². The molecular weight excluding hydrogens is 444 g/mol. The van der Waals surface area contributed by atoms with E-state index >= 15 is 0 Å². The number of carbonyl (C=O) groups is 3. The molecule has 2 unspecified atom stereocenters. The third kappa shape index (κ3) is 4.90. The second-order valence-electron chi connectivity index (χ2n) is 10.0. The van der Waals surface area contributed by atoms with E-state index in [0.717, 1.165) is 12.8 Å². The van der Waals surface area contributed by atoms with Crippen LogP contribution in [0.2, 0.25) is 0 Å². The van der Waals surface area contributed by atoms with Crippen LogP contribution in [-0.2, 0) is 14.3 Å². The molecule has 2 aromatic carbocycles. The van der Waals surface area contributed by atoms with Gasteiger partial charge in [-0.15, -0.1) is 0 Å². The maximum Gasteiger partial charge on any atom is 0.407 e. The van der Waals surface area contributed by atoms with Crippen LogP contribution in [-0.4, -0.2) is 41.8 Å². The van der Waals surface area contributed by atoms with Gasteiger partial charge in [0.05, 0.1) is 5.92 Å². The van der Waals surface area contributed by atoms with E-state index in [4.69, 9.17) is 4.74 Å². The fourth-order valence-corrected chi connectivity index (χ4v) is 6.06. The van der Waals surface area contributed by atoms with Crippen molar-refractivity contribution < 1.29 is 24.2 Å². The van der Waals surface area contributed by atoms with Crippen LogP contribution in [0.25, 0.3) is 11.1 Å². The Balaban J connectivity index is 1.12. The molecule has 0 heterocycles. The van der Waals surface area contributed by atoms with Crippen LogP contribution in [0, 0.1) is 11.8 Å². The molecule has 0 aliphatic heterocycles. The summed E-state index contributed by atoms with van der Waals surface area (Å²) in [5, 5.41) is 15.4. The van der Waals surface area contributed by atoms with E-state index in [1.54, 1.807) is 0 Å². The average molecular weight is 477 g/mol. The van der Waals surface area contributed by atoms with Crippen LogP contribution in [0.4, 0.5) is 4.79 Å². The maximum atomic E-state index is 12.8. The number of ether oxygens (including phenoxy) is 1. The first-order valence-electron chi connectivity index (χ1n) is 12.7. The van der Waals surface area contributed by atoms with Gasteiger partial charge in [-0.25, -0.2) is 4.79 Å². The van der Waals surface area contributed by atoms with Crippen LogP contribution in [0.3, 0.4) is 0 Å². The highest BCUT2D eigenvalue weighted by atomic mass is 16.5. The van der Waals surface area contributed by atoms with Gasteiger partial charge in [0, 0.05) is 23.9 Å². The standard InChI is InChI=1S/C28H32N2O5/c31-26(30-25-12-6-5-11-23(25)27(32)33)17-13-14-18(15-17)29-28(34)35-16-24-21-9-3-1-7-19(21)20-8-2-4-10-22(20)24/h1-4,7-10,17-18,23-25H,5-6,11-16H2,(H,29,34)(H,30,31)(H,32,33)/t17-,18+,23?,25?/m1/s1. The van der Waals surface area contributed by atoms with E-state index in [1.807, 2.05) is 24.3 Å². The van der Waals surface area contributed by atoms with E-state index in [0.29, 0.717) is 32.1 Å². The molecular formula is C28H32N2O5. The van der Waals surface area contributed by atoms with Crippen LogP contribution < -0.4 is 10.6 Å². The molecule has 3 N–H and O–H groups in total. The molecule has 0 radical (unpaired) electrons. The first-order valence-corrected chi connectivity index (χ1v) is 12.7. The van der Waals surface area contributed by atoms with Crippen molar-refractivity contribution in [3.63, 3.8) is 0 Å². The summed E-state index contributed by atoms with van der Waals surface area (Å²) in [6.45, 7) is 0.259. The highest BCUT2D eigenvalue weighted by Crippen LogP contribution is 2.44. The van der Waals surface area contributed by atoms with Crippen molar-refractivity contribution in [2.24, 2.45) is 11.8 Å². The molecule has 3 aliphatic rings. The number of hydrogen-bond acceptors (Lipinski definition) is 4. The molecule has 7 heteroatoms. The van der Waals surface area contributed by atoms with Gasteiger partial charge in [-0.2, -0.15) is 0 Å². The lowest BCUT2D eigenvalue weighted by atomic mass is 9.84. The number of carboxylic acid groups (broad SMARTS) is 1. The maximum absolute atomic E-state index is 12.8. The summed E-state index contributed by atoms with van der Waals surface area (Å²) in [6.07, 6.45) is 4.59. The second kappa shape index (κ2) is 10.1. The molecule has 0 spiro atoms. The molecule has 184 valence electrons. The summed E-state index contributed by atoms with van der Waals surface area (Å²) in [5.74, 6) is -1.65. The Bertz CT molecular complexity index is 1070. The number of carboxylic acids is 1. The Kier molecular flexibility index (Phi) is 6.75. The van der Waals surface area contributed by atoms with Gasteiger partial charge < -0.3 is 20.5 Å². The zero-order valence-electron chi connectivity index (χ0n) is 19.7. The molecule has 5 rings (SSSR count). The lowest BCUT2D eigenvalue weighted by molar-refractivity contribution is -0.144. The number of carbonyl (C=O) groups excluding carboxylic acids is 2. The predicted octanol–water partition coefficient (Wildman–Crippen LogP) is 4.45. The second-order valence-corrected chi connectivity index (χ2v) is 10.0. The molecule has 0 aromatic heterocycles. The van der Waals surface area contributed by atoms with Crippen LogP contribution in [0.1, 0.15) is 62.0 Å². The Morgan fingerprint density at radius 3 is 2.20 bits per heavy atom. The lowest BCUT2D eigenvalue weighted by Crippen LogP contribution is -2.47. The summed E-state index contributed by atoms with van der Waals surface area (Å²) in [5.41, 5.74) is 4.71. The third-order valence-corrected chi connectivity index (χ3v) is 7.88. The zero-order chi connectivity index (χ0) is 24.4. The van der Waals surface area contributed by atoms with Crippen LogP contribution >= 0.6 is 0 Å². The minimum Gasteiger partial charge on any atom is -0.481 e. The summed E-state index contributed by atoms with van der Waals surface area (Å²) in [6, 6.07) is 16.0. The molecule has 0 saturated heterocycles. The fraction of sp³-hybridized carbons (Fsp3) is 0.464. The van der Waals surface area contributed by atoms with Crippen molar-refractivity contribution in [1.82, 2.24) is 10.6 Å². The van der Waals surface area contributed by atoms with Gasteiger partial charge in [-0.05, 0) is 54.4 Å². The highest BCUT2D eigenvalue weighted by Gasteiger charge is 2.36. The number of alkyl carbamates (subject to hydrolysis) is 1. The normalized spacial score (nSPS) is 25.4. The Morgan fingerprint density at radius 2 is 1.51 bits per heavy atom. The summed E-state index contributed by atoms with van der Waals surface area (Å²) < 4.78 is 5.64. The van der Waals surface area contributed by atoms with Gasteiger partial charge in [-0.1, -0.05) is 61.4 Å². The highest BCUT2D eigenvalue weighted by molar-refractivity contribution is 5.81. The molecule has 7 nitrogen and oxygen atoms in total. The van der Waals surface area contributed by atoms with Crippen molar-refractivity contribution in [2.75, 3.05) is 6.61 Å². The number of nitrogens with one attached hydrogen (secondary N) is 2. The molecule has 2 fully saturated rings. The monoisotopic (exact) mass is 476 g/mol. The molecule has 3 aliphatic carbocycles. The van der Waals surface area contributed by atoms with E-state index in [9.17, 15) is 19.5 Å². The molecule has 0 bridgehead atoms. The van der Waals surface area contributed by atoms with Gasteiger partial charge in [0.2, 0.25) is 5.91 Å².